The van der Waals surface area contributed by atoms with E-state index in [0.29, 0.717) is 5.89 Å². The molecule has 0 fully saturated rings. The number of hydrogen-bond donors (Lipinski definition) is 0. The lowest BCUT2D eigenvalue weighted by Gasteiger charge is -2.08. The highest BCUT2D eigenvalue weighted by Crippen LogP contribution is 2.34. The van der Waals surface area contributed by atoms with Gasteiger partial charge in [0.15, 0.2) is 5.58 Å². The molecule has 0 radical (unpaired) electrons. The minimum absolute atomic E-state index is 0.636. The van der Waals surface area contributed by atoms with Gasteiger partial charge < -0.3 is 8.98 Å². The fourth-order valence-electron chi connectivity index (χ4n) is 5.22. The van der Waals surface area contributed by atoms with Gasteiger partial charge in [-0.1, -0.05) is 66.2 Å². The van der Waals surface area contributed by atoms with Gasteiger partial charge >= 0.3 is 0 Å². The third-order valence-electron chi connectivity index (χ3n) is 7.05. The third kappa shape index (κ3) is 3.24. The molecule has 0 aliphatic heterocycles. The molecule has 0 bridgehead atoms. The third-order valence-corrected chi connectivity index (χ3v) is 7.05. The van der Waals surface area contributed by atoms with Crippen LogP contribution in [0.3, 0.4) is 0 Å². The average Bonchev–Trinajstić information content (AvgIpc) is 3.49. The van der Waals surface area contributed by atoms with Gasteiger partial charge in [-0.15, -0.1) is 0 Å². The Balaban J connectivity index is 1.29. The van der Waals surface area contributed by atoms with Crippen molar-refractivity contribution in [1.82, 2.24) is 9.55 Å². The van der Waals surface area contributed by atoms with Crippen molar-refractivity contribution in [2.75, 3.05) is 0 Å². The van der Waals surface area contributed by atoms with E-state index in [1.807, 2.05) is 6.07 Å². The Kier molecular flexibility index (Phi) is 4.58. The van der Waals surface area contributed by atoms with E-state index in [9.17, 15) is 0 Å². The lowest BCUT2D eigenvalue weighted by Crippen LogP contribution is -1.93. The molecule has 2 heterocycles. The zero-order valence-corrected chi connectivity index (χ0v) is 20.2. The van der Waals surface area contributed by atoms with E-state index in [4.69, 9.17) is 9.40 Å². The van der Waals surface area contributed by atoms with E-state index in [2.05, 4.69) is 122 Å². The topological polar surface area (TPSA) is 31.0 Å². The summed E-state index contributed by atoms with van der Waals surface area (Å²) in [5.41, 5.74) is 11.0. The second-order valence-corrected chi connectivity index (χ2v) is 9.44. The molecule has 0 spiro atoms. The van der Waals surface area contributed by atoms with Gasteiger partial charge in [-0.3, -0.25) is 0 Å². The highest BCUT2D eigenvalue weighted by Gasteiger charge is 2.14. The number of aryl methyl sites for hydroxylation is 2. The van der Waals surface area contributed by atoms with E-state index < -0.39 is 0 Å². The van der Waals surface area contributed by atoms with E-state index >= 15 is 0 Å². The first-order chi connectivity index (χ1) is 17.7. The molecule has 7 aromatic rings. The number of para-hydroxylation sites is 2. The maximum absolute atomic E-state index is 6.24. The molecular weight excluding hydrogens is 440 g/mol. The minimum atomic E-state index is 0.636. The Hall–Kier alpha value is -4.63. The lowest BCUT2D eigenvalue weighted by molar-refractivity contribution is 0.620. The summed E-state index contributed by atoms with van der Waals surface area (Å²) in [6.07, 6.45) is 0. The van der Waals surface area contributed by atoms with Gasteiger partial charge in [0.2, 0.25) is 5.89 Å². The quantitative estimate of drug-likeness (QED) is 0.261. The second-order valence-electron chi connectivity index (χ2n) is 9.44. The molecule has 36 heavy (non-hydrogen) atoms. The minimum Gasteiger partial charge on any atom is -0.436 e. The van der Waals surface area contributed by atoms with Crippen LogP contribution in [-0.4, -0.2) is 9.55 Å². The summed E-state index contributed by atoms with van der Waals surface area (Å²) >= 11 is 0. The molecule has 7 rings (SSSR count). The van der Waals surface area contributed by atoms with Gasteiger partial charge in [0.25, 0.3) is 0 Å². The second kappa shape index (κ2) is 7.96. The molecular formula is C33H24N2O. The van der Waals surface area contributed by atoms with E-state index in [1.165, 1.54) is 38.5 Å². The van der Waals surface area contributed by atoms with Gasteiger partial charge in [0.1, 0.15) is 5.52 Å². The van der Waals surface area contributed by atoms with Crippen molar-refractivity contribution < 1.29 is 4.42 Å². The molecule has 3 heteroatoms. The fraction of sp³-hybridized carbons (Fsp3) is 0.0606. The van der Waals surface area contributed by atoms with Crippen molar-refractivity contribution in [3.8, 4) is 28.3 Å². The predicted molar refractivity (Wildman–Crippen MR) is 149 cm³/mol. The van der Waals surface area contributed by atoms with Crippen molar-refractivity contribution in [3.63, 3.8) is 0 Å². The van der Waals surface area contributed by atoms with Crippen LogP contribution in [0.5, 0.6) is 0 Å². The van der Waals surface area contributed by atoms with Crippen LogP contribution in [0.1, 0.15) is 11.1 Å². The molecule has 0 unspecified atom stereocenters. The Morgan fingerprint density at radius 2 is 1.31 bits per heavy atom. The first kappa shape index (κ1) is 20.7. The molecule has 3 nitrogen and oxygen atoms in total. The molecule has 0 N–H and O–H groups in total. The maximum atomic E-state index is 6.24. The highest BCUT2D eigenvalue weighted by atomic mass is 16.3. The molecule has 0 atom stereocenters. The summed E-state index contributed by atoms with van der Waals surface area (Å²) in [5, 5.41) is 2.52. The van der Waals surface area contributed by atoms with Crippen LogP contribution in [0.15, 0.2) is 114 Å². The van der Waals surface area contributed by atoms with Crippen LogP contribution in [0.2, 0.25) is 0 Å². The number of benzene rings is 5. The Bertz CT molecular complexity index is 1850. The SMILES string of the molecule is Cc1ccc(C)c(-c2ccc3nc(-c4ccc(-n5c6ccccc6c6ccccc65)cc4)oc3c2)c1. The van der Waals surface area contributed by atoms with Crippen LogP contribution in [0.4, 0.5) is 0 Å². The average molecular weight is 465 g/mol. The van der Waals surface area contributed by atoms with Gasteiger partial charge in [-0.05, 0) is 79.1 Å². The van der Waals surface area contributed by atoms with Crippen LogP contribution in [0, 0.1) is 13.8 Å². The van der Waals surface area contributed by atoms with E-state index in [1.54, 1.807) is 0 Å². The fourth-order valence-corrected chi connectivity index (χ4v) is 5.22. The maximum Gasteiger partial charge on any atom is 0.227 e. The van der Waals surface area contributed by atoms with Crippen molar-refractivity contribution in [1.29, 1.82) is 0 Å². The first-order valence-corrected chi connectivity index (χ1v) is 12.2. The number of oxazole rings is 1. The monoisotopic (exact) mass is 464 g/mol. The number of nitrogens with zero attached hydrogens (tertiary/aromatic N) is 2. The van der Waals surface area contributed by atoms with Crippen LogP contribution in [0.25, 0.3) is 61.2 Å². The van der Waals surface area contributed by atoms with Gasteiger partial charge in [-0.25, -0.2) is 4.98 Å². The molecule has 172 valence electrons. The highest BCUT2D eigenvalue weighted by molar-refractivity contribution is 6.09. The standard InChI is InChI=1S/C33H24N2O/c1-21-11-12-22(2)28(19-21)24-15-18-29-32(20-24)36-33(34-29)23-13-16-25(17-14-23)35-30-9-5-3-7-26(30)27-8-4-6-10-31(27)35/h3-20H,1-2H3. The Morgan fingerprint density at radius 3 is 2.03 bits per heavy atom. The zero-order valence-electron chi connectivity index (χ0n) is 20.2. The van der Waals surface area contributed by atoms with Crippen molar-refractivity contribution in [2.45, 2.75) is 13.8 Å². The molecule has 5 aromatic carbocycles. The first-order valence-electron chi connectivity index (χ1n) is 12.2. The number of hydrogen-bond acceptors (Lipinski definition) is 2. The summed E-state index contributed by atoms with van der Waals surface area (Å²) < 4.78 is 8.56. The summed E-state index contributed by atoms with van der Waals surface area (Å²) in [5.74, 6) is 0.636. The Morgan fingerprint density at radius 1 is 0.639 bits per heavy atom. The van der Waals surface area contributed by atoms with Crippen molar-refractivity contribution in [2.24, 2.45) is 0 Å². The van der Waals surface area contributed by atoms with Crippen molar-refractivity contribution >= 4 is 32.9 Å². The van der Waals surface area contributed by atoms with Gasteiger partial charge in [-0.2, -0.15) is 0 Å². The van der Waals surface area contributed by atoms with Gasteiger partial charge in [0, 0.05) is 22.0 Å². The van der Waals surface area contributed by atoms with Crippen molar-refractivity contribution in [3.05, 3.63) is 120 Å². The molecule has 0 aliphatic rings. The summed E-state index contributed by atoms with van der Waals surface area (Å²) in [6.45, 7) is 4.26. The van der Waals surface area contributed by atoms with Crippen LogP contribution >= 0.6 is 0 Å². The normalized spacial score (nSPS) is 11.6. The molecule has 0 saturated carbocycles. The summed E-state index contributed by atoms with van der Waals surface area (Å²) in [6, 6.07) is 38.4. The number of aromatic nitrogens is 2. The molecule has 2 aromatic heterocycles. The number of fused-ring (bicyclic) bond motifs is 4. The molecule has 0 amide bonds. The van der Waals surface area contributed by atoms with Crippen LogP contribution < -0.4 is 0 Å². The molecule has 0 saturated heterocycles. The molecule has 0 aliphatic carbocycles. The smallest absolute Gasteiger partial charge is 0.227 e. The van der Waals surface area contributed by atoms with E-state index in [0.717, 1.165) is 27.9 Å². The largest absolute Gasteiger partial charge is 0.436 e. The Labute approximate surface area is 209 Å². The lowest BCUT2D eigenvalue weighted by atomic mass is 9.98. The predicted octanol–water partition coefficient (Wildman–Crippen LogP) is 8.88. The van der Waals surface area contributed by atoms with E-state index in [-0.39, 0.29) is 0 Å². The zero-order chi connectivity index (χ0) is 24.2. The van der Waals surface area contributed by atoms with Gasteiger partial charge in [0.05, 0.1) is 11.0 Å². The summed E-state index contributed by atoms with van der Waals surface area (Å²) in [4.78, 5) is 4.78. The van der Waals surface area contributed by atoms with Crippen LogP contribution in [-0.2, 0) is 0 Å². The summed E-state index contributed by atoms with van der Waals surface area (Å²) in [7, 11) is 0. The number of rotatable bonds is 3.